The fourth-order valence-electron chi connectivity index (χ4n) is 3.57. The molecule has 0 aliphatic heterocycles. The summed E-state index contributed by atoms with van der Waals surface area (Å²) in [5.41, 5.74) is 3.40. The predicted octanol–water partition coefficient (Wildman–Crippen LogP) is 5.05. The standard InChI is InChI=1S/C26H25N3OS/c30-24(28-25(26-27-16-17-31-26)23-14-8-3-9-15-23)20-29(18-21-10-4-1-5-11-21)19-22-12-6-2-7-13-22/h1-17,25H,18-20H2,(H,28,30). The maximum Gasteiger partial charge on any atom is 0.235 e. The van der Waals surface area contributed by atoms with Gasteiger partial charge >= 0.3 is 0 Å². The van der Waals surface area contributed by atoms with E-state index < -0.39 is 0 Å². The minimum Gasteiger partial charge on any atom is -0.342 e. The molecule has 0 saturated heterocycles. The molecule has 31 heavy (non-hydrogen) atoms. The SMILES string of the molecule is O=C(CN(Cc1ccccc1)Cc1ccccc1)NC(c1ccccc1)c1nccs1. The summed E-state index contributed by atoms with van der Waals surface area (Å²) < 4.78 is 0. The van der Waals surface area contributed by atoms with Crippen LogP contribution in [0.15, 0.2) is 103 Å². The van der Waals surface area contributed by atoms with E-state index >= 15 is 0 Å². The molecule has 1 heterocycles. The number of amides is 1. The zero-order chi connectivity index (χ0) is 21.3. The van der Waals surface area contributed by atoms with Gasteiger partial charge in [-0.3, -0.25) is 9.69 Å². The molecule has 1 aromatic heterocycles. The molecule has 0 radical (unpaired) electrons. The van der Waals surface area contributed by atoms with Gasteiger partial charge in [-0.1, -0.05) is 91.0 Å². The number of nitrogens with one attached hydrogen (secondary N) is 1. The van der Waals surface area contributed by atoms with Crippen LogP contribution in [0, 0.1) is 0 Å². The number of thiazole rings is 1. The van der Waals surface area contributed by atoms with Crippen LogP contribution < -0.4 is 5.32 Å². The Morgan fingerprint density at radius 1 is 0.839 bits per heavy atom. The van der Waals surface area contributed by atoms with Crippen LogP contribution in [0.1, 0.15) is 27.7 Å². The van der Waals surface area contributed by atoms with Gasteiger partial charge in [-0.05, 0) is 16.7 Å². The first kappa shape index (κ1) is 21.0. The molecule has 156 valence electrons. The molecule has 1 atom stereocenters. The predicted molar refractivity (Wildman–Crippen MR) is 126 cm³/mol. The zero-order valence-corrected chi connectivity index (χ0v) is 18.0. The number of hydrogen-bond donors (Lipinski definition) is 1. The van der Waals surface area contributed by atoms with E-state index in [-0.39, 0.29) is 11.9 Å². The summed E-state index contributed by atoms with van der Waals surface area (Å²) in [5, 5.41) is 6.03. The summed E-state index contributed by atoms with van der Waals surface area (Å²) in [6, 6.07) is 30.3. The van der Waals surface area contributed by atoms with Gasteiger partial charge in [0.15, 0.2) is 0 Å². The Morgan fingerprint density at radius 2 is 1.39 bits per heavy atom. The second-order valence-corrected chi connectivity index (χ2v) is 8.32. The van der Waals surface area contributed by atoms with Crippen molar-refractivity contribution < 1.29 is 4.79 Å². The number of carbonyl (C=O) groups excluding carboxylic acids is 1. The third-order valence-corrected chi connectivity index (χ3v) is 5.84. The van der Waals surface area contributed by atoms with Gasteiger partial charge < -0.3 is 5.32 Å². The van der Waals surface area contributed by atoms with Crippen molar-refractivity contribution in [3.8, 4) is 0 Å². The molecular formula is C26H25N3OS. The first-order valence-electron chi connectivity index (χ1n) is 10.3. The van der Waals surface area contributed by atoms with E-state index in [1.165, 1.54) is 11.1 Å². The molecule has 0 aliphatic carbocycles. The lowest BCUT2D eigenvalue weighted by Crippen LogP contribution is -2.38. The number of hydrogen-bond acceptors (Lipinski definition) is 4. The van der Waals surface area contributed by atoms with Crippen molar-refractivity contribution in [1.29, 1.82) is 0 Å². The van der Waals surface area contributed by atoms with Crippen LogP contribution in [0.4, 0.5) is 0 Å². The molecule has 1 unspecified atom stereocenters. The molecule has 1 N–H and O–H groups in total. The molecule has 0 fully saturated rings. The minimum absolute atomic E-state index is 0.0177. The van der Waals surface area contributed by atoms with Crippen molar-refractivity contribution in [2.45, 2.75) is 19.1 Å². The summed E-state index contributed by atoms with van der Waals surface area (Å²) in [6.45, 7) is 1.71. The van der Waals surface area contributed by atoms with E-state index in [1.54, 1.807) is 17.5 Å². The Hall–Kier alpha value is -3.28. The molecular weight excluding hydrogens is 402 g/mol. The highest BCUT2D eigenvalue weighted by molar-refractivity contribution is 7.09. The smallest absolute Gasteiger partial charge is 0.235 e. The molecule has 4 aromatic rings. The first-order chi connectivity index (χ1) is 15.3. The Bertz CT molecular complexity index is 1010. The monoisotopic (exact) mass is 427 g/mol. The van der Waals surface area contributed by atoms with Crippen molar-refractivity contribution in [3.63, 3.8) is 0 Å². The molecule has 3 aromatic carbocycles. The Morgan fingerprint density at radius 3 is 1.90 bits per heavy atom. The summed E-state index contributed by atoms with van der Waals surface area (Å²) >= 11 is 1.55. The van der Waals surface area contributed by atoms with E-state index in [1.807, 2.05) is 72.1 Å². The highest BCUT2D eigenvalue weighted by Gasteiger charge is 2.21. The fraction of sp³-hybridized carbons (Fsp3) is 0.154. The lowest BCUT2D eigenvalue weighted by Gasteiger charge is -2.24. The summed E-state index contributed by atoms with van der Waals surface area (Å²) in [6.07, 6.45) is 1.78. The quantitative estimate of drug-likeness (QED) is 0.406. The van der Waals surface area contributed by atoms with E-state index in [0.29, 0.717) is 19.6 Å². The molecule has 0 spiro atoms. The lowest BCUT2D eigenvalue weighted by molar-refractivity contribution is -0.123. The van der Waals surface area contributed by atoms with Gasteiger partial charge in [0.2, 0.25) is 5.91 Å². The van der Waals surface area contributed by atoms with Crippen molar-refractivity contribution in [1.82, 2.24) is 15.2 Å². The molecule has 4 rings (SSSR count). The van der Waals surface area contributed by atoms with Gasteiger partial charge in [-0.15, -0.1) is 11.3 Å². The van der Waals surface area contributed by atoms with E-state index in [4.69, 9.17) is 0 Å². The van der Waals surface area contributed by atoms with Gasteiger partial charge in [0.25, 0.3) is 0 Å². The van der Waals surface area contributed by atoms with Gasteiger partial charge in [0.05, 0.1) is 6.54 Å². The molecule has 5 heteroatoms. The topological polar surface area (TPSA) is 45.2 Å². The first-order valence-corrected chi connectivity index (χ1v) is 11.2. The van der Waals surface area contributed by atoms with Crippen LogP contribution in [-0.2, 0) is 17.9 Å². The Kier molecular flexibility index (Phi) is 7.21. The van der Waals surface area contributed by atoms with Crippen molar-refractivity contribution in [3.05, 3.63) is 124 Å². The van der Waals surface area contributed by atoms with Gasteiger partial charge in [0.1, 0.15) is 11.0 Å². The highest BCUT2D eigenvalue weighted by Crippen LogP contribution is 2.23. The minimum atomic E-state index is -0.246. The molecule has 0 aliphatic rings. The van der Waals surface area contributed by atoms with Gasteiger partial charge in [-0.2, -0.15) is 0 Å². The normalized spacial score (nSPS) is 11.9. The Balaban J connectivity index is 1.50. The van der Waals surface area contributed by atoms with Crippen LogP contribution in [0.3, 0.4) is 0 Å². The van der Waals surface area contributed by atoms with Crippen LogP contribution in [0.25, 0.3) is 0 Å². The van der Waals surface area contributed by atoms with Crippen LogP contribution in [-0.4, -0.2) is 22.3 Å². The number of carbonyl (C=O) groups is 1. The second-order valence-electron chi connectivity index (χ2n) is 7.40. The largest absolute Gasteiger partial charge is 0.342 e. The number of nitrogens with zero attached hydrogens (tertiary/aromatic N) is 2. The third-order valence-electron chi connectivity index (χ3n) is 5.00. The van der Waals surface area contributed by atoms with Crippen LogP contribution in [0.2, 0.25) is 0 Å². The summed E-state index contributed by atoms with van der Waals surface area (Å²) in [4.78, 5) is 19.8. The fourth-order valence-corrected chi connectivity index (χ4v) is 4.28. The van der Waals surface area contributed by atoms with Crippen molar-refractivity contribution in [2.24, 2.45) is 0 Å². The van der Waals surface area contributed by atoms with Crippen molar-refractivity contribution in [2.75, 3.05) is 6.54 Å². The van der Waals surface area contributed by atoms with E-state index in [9.17, 15) is 4.79 Å². The van der Waals surface area contributed by atoms with E-state index in [2.05, 4.69) is 39.5 Å². The molecule has 1 amide bonds. The van der Waals surface area contributed by atoms with E-state index in [0.717, 1.165) is 10.6 Å². The summed E-state index contributed by atoms with van der Waals surface area (Å²) in [5.74, 6) is -0.0177. The molecule has 0 saturated carbocycles. The number of rotatable bonds is 9. The van der Waals surface area contributed by atoms with Crippen molar-refractivity contribution >= 4 is 17.2 Å². The van der Waals surface area contributed by atoms with Gasteiger partial charge in [0, 0.05) is 24.7 Å². The average molecular weight is 428 g/mol. The third kappa shape index (κ3) is 6.10. The van der Waals surface area contributed by atoms with Crippen LogP contribution >= 0.6 is 11.3 Å². The highest BCUT2D eigenvalue weighted by atomic mass is 32.1. The molecule has 0 bridgehead atoms. The second kappa shape index (κ2) is 10.7. The molecule has 4 nitrogen and oxygen atoms in total. The average Bonchev–Trinajstić information content (AvgIpc) is 3.34. The lowest BCUT2D eigenvalue weighted by atomic mass is 10.1. The Labute approximate surface area is 187 Å². The maximum atomic E-state index is 13.1. The number of aromatic nitrogens is 1. The zero-order valence-electron chi connectivity index (χ0n) is 17.2. The number of benzene rings is 3. The van der Waals surface area contributed by atoms with Crippen LogP contribution in [0.5, 0.6) is 0 Å². The van der Waals surface area contributed by atoms with Gasteiger partial charge in [-0.25, -0.2) is 4.98 Å². The maximum absolute atomic E-state index is 13.1. The summed E-state index contributed by atoms with van der Waals surface area (Å²) in [7, 11) is 0.